The minimum Gasteiger partial charge on any atom is -0.497 e. The third-order valence-electron chi connectivity index (χ3n) is 3.90. The number of nitrogens with zero attached hydrogens (tertiary/aromatic N) is 1. The molecule has 2 aromatic rings. The van der Waals surface area contributed by atoms with Gasteiger partial charge in [0, 0.05) is 37.8 Å². The summed E-state index contributed by atoms with van der Waals surface area (Å²) in [6, 6.07) is 14.8. The standard InChI is InChI=1S/C20H26N4O3/c1-21-20(24-14-16-7-4-5-10-18(16)27-3)23-12-11-22-19(25)15-8-6-9-17(13-15)26-2/h4-10,13H,11-12,14H2,1-3H3,(H,22,25)(H2,21,23,24). The highest BCUT2D eigenvalue weighted by Crippen LogP contribution is 2.16. The van der Waals surface area contributed by atoms with Crippen molar-refractivity contribution in [2.24, 2.45) is 4.99 Å². The first-order valence-electron chi connectivity index (χ1n) is 8.66. The van der Waals surface area contributed by atoms with E-state index in [-0.39, 0.29) is 5.91 Å². The second kappa shape index (κ2) is 10.7. The van der Waals surface area contributed by atoms with Crippen LogP contribution in [0.15, 0.2) is 53.5 Å². The van der Waals surface area contributed by atoms with Crippen LogP contribution in [0.1, 0.15) is 15.9 Å². The van der Waals surface area contributed by atoms with Gasteiger partial charge in [-0.3, -0.25) is 9.79 Å². The van der Waals surface area contributed by atoms with Crippen LogP contribution in [0.4, 0.5) is 0 Å². The van der Waals surface area contributed by atoms with Gasteiger partial charge in [-0.05, 0) is 24.3 Å². The Labute approximate surface area is 159 Å². The molecule has 0 heterocycles. The van der Waals surface area contributed by atoms with Crippen LogP contribution in [0, 0.1) is 0 Å². The molecule has 0 aliphatic carbocycles. The third-order valence-corrected chi connectivity index (χ3v) is 3.90. The van der Waals surface area contributed by atoms with E-state index in [0.29, 0.717) is 36.9 Å². The van der Waals surface area contributed by atoms with Crippen molar-refractivity contribution in [2.75, 3.05) is 34.4 Å². The number of aliphatic imine (C=N–C) groups is 1. The van der Waals surface area contributed by atoms with Crippen molar-refractivity contribution in [2.45, 2.75) is 6.54 Å². The van der Waals surface area contributed by atoms with Gasteiger partial charge in [0.15, 0.2) is 5.96 Å². The van der Waals surface area contributed by atoms with E-state index < -0.39 is 0 Å². The molecule has 3 N–H and O–H groups in total. The Hall–Kier alpha value is -3.22. The lowest BCUT2D eigenvalue weighted by molar-refractivity contribution is 0.0954. The molecule has 0 aromatic heterocycles. The van der Waals surface area contributed by atoms with Crippen LogP contribution in [0.3, 0.4) is 0 Å². The van der Waals surface area contributed by atoms with Gasteiger partial charge >= 0.3 is 0 Å². The number of amides is 1. The predicted molar refractivity (Wildman–Crippen MR) is 107 cm³/mol. The van der Waals surface area contributed by atoms with Gasteiger partial charge in [0.05, 0.1) is 14.2 Å². The van der Waals surface area contributed by atoms with Gasteiger partial charge < -0.3 is 25.4 Å². The van der Waals surface area contributed by atoms with Crippen LogP contribution in [0.2, 0.25) is 0 Å². The van der Waals surface area contributed by atoms with Crippen molar-refractivity contribution in [1.29, 1.82) is 0 Å². The van der Waals surface area contributed by atoms with Gasteiger partial charge in [0.2, 0.25) is 0 Å². The largest absolute Gasteiger partial charge is 0.497 e. The highest BCUT2D eigenvalue weighted by molar-refractivity contribution is 5.94. The first-order chi connectivity index (χ1) is 13.2. The topological polar surface area (TPSA) is 84.0 Å². The molecule has 2 aromatic carbocycles. The van der Waals surface area contributed by atoms with Crippen molar-refractivity contribution in [1.82, 2.24) is 16.0 Å². The number of guanidine groups is 1. The molecule has 7 nitrogen and oxygen atoms in total. The molecule has 0 aliphatic rings. The van der Waals surface area contributed by atoms with Crippen LogP contribution in [0.25, 0.3) is 0 Å². The van der Waals surface area contributed by atoms with Crippen LogP contribution < -0.4 is 25.4 Å². The molecule has 0 spiro atoms. The Bertz CT molecular complexity index is 777. The van der Waals surface area contributed by atoms with Crippen LogP contribution in [0.5, 0.6) is 11.5 Å². The van der Waals surface area contributed by atoms with Crippen molar-refractivity contribution in [3.63, 3.8) is 0 Å². The molecular weight excluding hydrogens is 344 g/mol. The minimum absolute atomic E-state index is 0.146. The fraction of sp³-hybridized carbons (Fsp3) is 0.300. The summed E-state index contributed by atoms with van der Waals surface area (Å²) < 4.78 is 10.5. The van der Waals surface area contributed by atoms with E-state index in [4.69, 9.17) is 9.47 Å². The van der Waals surface area contributed by atoms with Crippen molar-refractivity contribution in [3.05, 3.63) is 59.7 Å². The summed E-state index contributed by atoms with van der Waals surface area (Å²) in [4.78, 5) is 16.3. The summed E-state index contributed by atoms with van der Waals surface area (Å²) in [5.74, 6) is 1.98. The zero-order valence-electron chi connectivity index (χ0n) is 15.9. The molecule has 0 bridgehead atoms. The number of carbonyl (C=O) groups is 1. The van der Waals surface area contributed by atoms with Gasteiger partial charge in [-0.25, -0.2) is 0 Å². The van der Waals surface area contributed by atoms with Gasteiger partial charge in [-0.15, -0.1) is 0 Å². The maximum atomic E-state index is 12.2. The monoisotopic (exact) mass is 370 g/mol. The van der Waals surface area contributed by atoms with Gasteiger partial charge in [0.25, 0.3) is 5.91 Å². The summed E-state index contributed by atoms with van der Waals surface area (Å²) in [5, 5.41) is 9.25. The van der Waals surface area contributed by atoms with Crippen LogP contribution in [-0.2, 0) is 6.54 Å². The molecule has 0 saturated carbocycles. The van der Waals surface area contributed by atoms with Gasteiger partial charge in [0.1, 0.15) is 11.5 Å². The molecule has 2 rings (SSSR count). The maximum absolute atomic E-state index is 12.2. The van der Waals surface area contributed by atoms with Crippen LogP contribution in [-0.4, -0.2) is 46.2 Å². The molecule has 0 radical (unpaired) electrons. The molecule has 1 amide bonds. The van der Waals surface area contributed by atoms with E-state index in [1.165, 1.54) is 0 Å². The Morgan fingerprint density at radius 1 is 0.963 bits per heavy atom. The number of benzene rings is 2. The Balaban J connectivity index is 1.75. The van der Waals surface area contributed by atoms with Gasteiger partial charge in [-0.1, -0.05) is 24.3 Å². The van der Waals surface area contributed by atoms with Gasteiger partial charge in [-0.2, -0.15) is 0 Å². The molecule has 0 aliphatic heterocycles. The van der Waals surface area contributed by atoms with E-state index >= 15 is 0 Å². The second-order valence-corrected chi connectivity index (χ2v) is 5.65. The average Bonchev–Trinajstić information content (AvgIpc) is 2.73. The quantitative estimate of drug-likeness (QED) is 0.375. The second-order valence-electron chi connectivity index (χ2n) is 5.65. The molecule has 0 fully saturated rings. The predicted octanol–water partition coefficient (Wildman–Crippen LogP) is 1.80. The number of rotatable bonds is 8. The number of ether oxygens (including phenoxy) is 2. The number of methoxy groups -OCH3 is 2. The normalized spacial score (nSPS) is 10.9. The maximum Gasteiger partial charge on any atom is 0.251 e. The summed E-state index contributed by atoms with van der Waals surface area (Å²) in [6.07, 6.45) is 0. The van der Waals surface area contributed by atoms with Crippen molar-refractivity contribution in [3.8, 4) is 11.5 Å². The number of carbonyl (C=O) groups excluding carboxylic acids is 1. The average molecular weight is 370 g/mol. The minimum atomic E-state index is -0.146. The summed E-state index contributed by atoms with van der Waals surface area (Å²) in [7, 11) is 4.92. The Morgan fingerprint density at radius 2 is 1.74 bits per heavy atom. The Kier molecular flexibility index (Phi) is 7.96. The first kappa shape index (κ1) is 20.1. The number of hydrogen-bond acceptors (Lipinski definition) is 4. The zero-order chi connectivity index (χ0) is 19.5. The fourth-order valence-corrected chi connectivity index (χ4v) is 2.47. The summed E-state index contributed by atoms with van der Waals surface area (Å²) in [6.45, 7) is 1.59. The summed E-state index contributed by atoms with van der Waals surface area (Å²) >= 11 is 0. The smallest absolute Gasteiger partial charge is 0.251 e. The SMILES string of the molecule is CN=C(NCCNC(=O)c1cccc(OC)c1)NCc1ccccc1OC. The molecule has 0 unspecified atom stereocenters. The molecule has 0 saturated heterocycles. The van der Waals surface area contributed by atoms with Crippen molar-refractivity contribution >= 4 is 11.9 Å². The van der Waals surface area contributed by atoms with E-state index in [9.17, 15) is 4.79 Å². The fourth-order valence-electron chi connectivity index (χ4n) is 2.47. The first-order valence-corrected chi connectivity index (χ1v) is 8.66. The molecule has 0 atom stereocenters. The molecule has 144 valence electrons. The lowest BCUT2D eigenvalue weighted by Crippen LogP contribution is -2.41. The Morgan fingerprint density at radius 3 is 2.48 bits per heavy atom. The van der Waals surface area contributed by atoms with Crippen LogP contribution >= 0.6 is 0 Å². The molecular formula is C20H26N4O3. The lowest BCUT2D eigenvalue weighted by atomic mass is 10.2. The zero-order valence-corrected chi connectivity index (χ0v) is 15.9. The van der Waals surface area contributed by atoms with E-state index in [0.717, 1.165) is 11.3 Å². The van der Waals surface area contributed by atoms with E-state index in [2.05, 4.69) is 20.9 Å². The number of para-hydroxylation sites is 1. The number of nitrogens with one attached hydrogen (secondary N) is 3. The van der Waals surface area contributed by atoms with E-state index in [1.54, 1.807) is 45.5 Å². The summed E-state index contributed by atoms with van der Waals surface area (Å²) in [5.41, 5.74) is 1.60. The van der Waals surface area contributed by atoms with Crippen molar-refractivity contribution < 1.29 is 14.3 Å². The molecule has 27 heavy (non-hydrogen) atoms. The number of hydrogen-bond donors (Lipinski definition) is 3. The highest BCUT2D eigenvalue weighted by atomic mass is 16.5. The third kappa shape index (κ3) is 6.22. The molecule has 7 heteroatoms. The highest BCUT2D eigenvalue weighted by Gasteiger charge is 2.06. The van der Waals surface area contributed by atoms with E-state index in [1.807, 2.05) is 24.3 Å². The lowest BCUT2D eigenvalue weighted by Gasteiger charge is -2.14.